The third-order valence-corrected chi connectivity index (χ3v) is 4.88. The molecule has 1 aromatic rings. The summed E-state index contributed by atoms with van der Waals surface area (Å²) in [6.07, 6.45) is 2.82. The lowest BCUT2D eigenvalue weighted by molar-refractivity contribution is -0.119. The van der Waals surface area contributed by atoms with Gasteiger partial charge in [-0.1, -0.05) is 0 Å². The second-order valence-corrected chi connectivity index (χ2v) is 5.62. The van der Waals surface area contributed by atoms with E-state index in [1.54, 1.807) is 0 Å². The monoisotopic (exact) mass is 379 g/mol. The van der Waals surface area contributed by atoms with Crippen LogP contribution in [0.2, 0.25) is 0 Å². The molecular formula is C11H11BrINO. The van der Waals surface area contributed by atoms with E-state index in [0.717, 1.165) is 29.5 Å². The fourth-order valence-corrected chi connectivity index (χ4v) is 2.43. The maximum absolute atomic E-state index is 11.7. The number of hydrogen-bond donors (Lipinski definition) is 0. The summed E-state index contributed by atoms with van der Waals surface area (Å²) in [6, 6.07) is 6.06. The predicted molar refractivity (Wildman–Crippen MR) is 73.1 cm³/mol. The quantitative estimate of drug-likeness (QED) is 0.683. The zero-order chi connectivity index (χ0) is 10.8. The van der Waals surface area contributed by atoms with Crippen molar-refractivity contribution in [3.63, 3.8) is 0 Å². The van der Waals surface area contributed by atoms with E-state index in [-0.39, 0.29) is 5.91 Å². The van der Waals surface area contributed by atoms with E-state index >= 15 is 0 Å². The van der Waals surface area contributed by atoms with E-state index in [1.165, 1.54) is 3.57 Å². The van der Waals surface area contributed by atoms with E-state index in [2.05, 4.69) is 38.5 Å². The Morgan fingerprint density at radius 2 is 2.13 bits per heavy atom. The maximum atomic E-state index is 11.7. The second kappa shape index (κ2) is 4.82. The molecule has 1 aromatic carbocycles. The van der Waals surface area contributed by atoms with Gasteiger partial charge >= 0.3 is 0 Å². The molecule has 4 heteroatoms. The Labute approximate surface area is 111 Å². The molecule has 0 unspecified atom stereocenters. The van der Waals surface area contributed by atoms with Gasteiger partial charge in [0.05, 0.1) is 0 Å². The maximum Gasteiger partial charge on any atom is 0.226 e. The molecule has 0 aliphatic carbocycles. The molecule has 0 bridgehead atoms. The summed E-state index contributed by atoms with van der Waals surface area (Å²) in [7, 11) is 0. The molecule has 80 valence electrons. The van der Waals surface area contributed by atoms with Crippen LogP contribution in [0.4, 0.5) is 5.69 Å². The number of carbonyl (C=O) groups is 1. The topological polar surface area (TPSA) is 20.3 Å². The molecule has 0 atom stereocenters. The normalized spacial score (nSPS) is 16.9. The van der Waals surface area contributed by atoms with Gasteiger partial charge in [0.1, 0.15) is 0 Å². The summed E-state index contributed by atoms with van der Waals surface area (Å²) < 4.78 is 2.22. The van der Waals surface area contributed by atoms with Crippen LogP contribution in [-0.4, -0.2) is 12.5 Å². The van der Waals surface area contributed by atoms with E-state index in [1.807, 2.05) is 23.1 Å². The number of benzene rings is 1. The molecular weight excluding hydrogens is 369 g/mol. The number of carbonyl (C=O) groups excluding carboxylic acids is 1. The SMILES string of the molecule is O=C1CCCCN1c1ccc(I)c(Br)c1. The first-order valence-electron chi connectivity index (χ1n) is 4.94. The van der Waals surface area contributed by atoms with Crippen molar-refractivity contribution in [2.75, 3.05) is 11.4 Å². The van der Waals surface area contributed by atoms with Gasteiger partial charge in [-0.15, -0.1) is 0 Å². The van der Waals surface area contributed by atoms with Crippen LogP contribution in [0.1, 0.15) is 19.3 Å². The lowest BCUT2D eigenvalue weighted by Crippen LogP contribution is -2.35. The summed E-state index contributed by atoms with van der Waals surface area (Å²) in [5.41, 5.74) is 1.01. The highest BCUT2D eigenvalue weighted by Gasteiger charge is 2.19. The standard InChI is InChI=1S/C11H11BrINO/c12-9-7-8(4-5-10(9)13)14-6-2-1-3-11(14)15/h4-5,7H,1-3,6H2. The van der Waals surface area contributed by atoms with Gasteiger partial charge in [-0.25, -0.2) is 0 Å². The highest BCUT2D eigenvalue weighted by molar-refractivity contribution is 14.1. The molecule has 0 spiro atoms. The van der Waals surface area contributed by atoms with Crippen LogP contribution in [0.5, 0.6) is 0 Å². The lowest BCUT2D eigenvalue weighted by Gasteiger charge is -2.27. The average Bonchev–Trinajstić information content (AvgIpc) is 2.23. The van der Waals surface area contributed by atoms with Crippen LogP contribution in [-0.2, 0) is 4.79 Å². The number of nitrogens with zero attached hydrogens (tertiary/aromatic N) is 1. The Bertz CT molecular complexity index is 394. The van der Waals surface area contributed by atoms with Crippen LogP contribution in [0.25, 0.3) is 0 Å². The highest BCUT2D eigenvalue weighted by Crippen LogP contribution is 2.27. The van der Waals surface area contributed by atoms with Crippen LogP contribution in [0.3, 0.4) is 0 Å². The van der Waals surface area contributed by atoms with Crippen molar-refractivity contribution in [1.82, 2.24) is 0 Å². The van der Waals surface area contributed by atoms with Crippen molar-refractivity contribution in [2.45, 2.75) is 19.3 Å². The fourth-order valence-electron chi connectivity index (χ4n) is 1.73. The predicted octanol–water partition coefficient (Wildman–Crippen LogP) is 3.57. The summed E-state index contributed by atoms with van der Waals surface area (Å²) in [5.74, 6) is 0.245. The molecule has 1 aliphatic heterocycles. The number of halogens is 2. The van der Waals surface area contributed by atoms with Gasteiger partial charge < -0.3 is 4.90 Å². The minimum atomic E-state index is 0.245. The Balaban J connectivity index is 2.28. The van der Waals surface area contributed by atoms with Crippen LogP contribution < -0.4 is 4.90 Å². The van der Waals surface area contributed by atoms with Gasteiger partial charge in [0.2, 0.25) is 5.91 Å². The molecule has 2 nitrogen and oxygen atoms in total. The zero-order valence-corrected chi connectivity index (χ0v) is 11.9. The van der Waals surface area contributed by atoms with E-state index in [4.69, 9.17) is 0 Å². The summed E-state index contributed by atoms with van der Waals surface area (Å²) >= 11 is 5.75. The van der Waals surface area contributed by atoms with Gasteiger partial charge in [0.25, 0.3) is 0 Å². The molecule has 0 aromatic heterocycles. The van der Waals surface area contributed by atoms with Crippen molar-refractivity contribution < 1.29 is 4.79 Å². The molecule has 0 saturated carbocycles. The molecule has 0 N–H and O–H groups in total. The largest absolute Gasteiger partial charge is 0.312 e. The first kappa shape index (κ1) is 11.4. The number of anilines is 1. The van der Waals surface area contributed by atoms with Crippen LogP contribution in [0.15, 0.2) is 22.7 Å². The first-order valence-corrected chi connectivity index (χ1v) is 6.81. The van der Waals surface area contributed by atoms with Crippen LogP contribution >= 0.6 is 38.5 Å². The fraction of sp³-hybridized carbons (Fsp3) is 0.364. The zero-order valence-electron chi connectivity index (χ0n) is 8.17. The summed E-state index contributed by atoms with van der Waals surface area (Å²) in [5, 5.41) is 0. The Kier molecular flexibility index (Phi) is 3.66. The number of hydrogen-bond acceptors (Lipinski definition) is 1. The minimum absolute atomic E-state index is 0.245. The lowest BCUT2D eigenvalue weighted by atomic mass is 10.1. The number of rotatable bonds is 1. The average molecular weight is 380 g/mol. The second-order valence-electron chi connectivity index (χ2n) is 3.60. The third kappa shape index (κ3) is 2.53. The molecule has 1 aliphatic rings. The first-order chi connectivity index (χ1) is 7.18. The molecule has 2 rings (SSSR count). The molecule has 1 heterocycles. The van der Waals surface area contributed by atoms with E-state index in [0.29, 0.717) is 6.42 Å². The number of amides is 1. The summed E-state index contributed by atoms with van der Waals surface area (Å²) in [6.45, 7) is 0.853. The van der Waals surface area contributed by atoms with Crippen molar-refractivity contribution in [3.05, 3.63) is 26.2 Å². The Hall–Kier alpha value is -0.100. The van der Waals surface area contributed by atoms with Crippen molar-refractivity contribution in [3.8, 4) is 0 Å². The van der Waals surface area contributed by atoms with Gasteiger partial charge in [-0.3, -0.25) is 4.79 Å². The van der Waals surface area contributed by atoms with Crippen molar-refractivity contribution in [2.24, 2.45) is 0 Å². The molecule has 1 saturated heterocycles. The summed E-state index contributed by atoms with van der Waals surface area (Å²) in [4.78, 5) is 13.6. The Morgan fingerprint density at radius 3 is 2.80 bits per heavy atom. The van der Waals surface area contributed by atoms with Gasteiger partial charge in [0, 0.05) is 26.7 Å². The molecule has 1 fully saturated rings. The number of piperidine rings is 1. The van der Waals surface area contributed by atoms with Crippen LogP contribution in [0, 0.1) is 3.57 Å². The smallest absolute Gasteiger partial charge is 0.226 e. The van der Waals surface area contributed by atoms with Crippen molar-refractivity contribution >= 4 is 50.1 Å². The van der Waals surface area contributed by atoms with Gasteiger partial charge in [-0.2, -0.15) is 0 Å². The van der Waals surface area contributed by atoms with Crippen molar-refractivity contribution in [1.29, 1.82) is 0 Å². The van der Waals surface area contributed by atoms with E-state index < -0.39 is 0 Å². The van der Waals surface area contributed by atoms with E-state index in [9.17, 15) is 4.79 Å². The Morgan fingerprint density at radius 1 is 1.33 bits per heavy atom. The molecule has 15 heavy (non-hydrogen) atoms. The molecule has 1 amide bonds. The highest BCUT2D eigenvalue weighted by atomic mass is 127. The minimum Gasteiger partial charge on any atom is -0.312 e. The molecule has 0 radical (unpaired) electrons. The van der Waals surface area contributed by atoms with Gasteiger partial charge in [-0.05, 0) is 69.6 Å². The third-order valence-electron chi connectivity index (χ3n) is 2.54. The van der Waals surface area contributed by atoms with Gasteiger partial charge in [0.15, 0.2) is 0 Å².